The van der Waals surface area contributed by atoms with Crippen molar-refractivity contribution in [1.29, 1.82) is 0 Å². The first kappa shape index (κ1) is 15.0. The molecule has 2 N–H and O–H groups in total. The monoisotopic (exact) mass is 287 g/mol. The van der Waals surface area contributed by atoms with E-state index >= 15 is 0 Å². The molecule has 2 aromatic rings. The zero-order valence-electron chi connectivity index (χ0n) is 12.5. The normalized spacial score (nSPS) is 10.4. The number of aryl methyl sites for hydroxylation is 1. The molecule has 0 spiro atoms. The number of rotatable bonds is 7. The van der Waals surface area contributed by atoms with Gasteiger partial charge in [-0.1, -0.05) is 6.92 Å². The molecule has 0 atom stereocenters. The lowest BCUT2D eigenvalue weighted by Crippen LogP contribution is -2.28. The third-order valence-electron chi connectivity index (χ3n) is 3.02. The van der Waals surface area contributed by atoms with Gasteiger partial charge in [0, 0.05) is 25.5 Å². The Morgan fingerprint density at radius 2 is 2.19 bits per heavy atom. The molecule has 0 aromatic carbocycles. The van der Waals surface area contributed by atoms with Gasteiger partial charge in [0.1, 0.15) is 0 Å². The molecular weight excluding hydrogens is 266 g/mol. The van der Waals surface area contributed by atoms with Crippen LogP contribution >= 0.6 is 0 Å². The van der Waals surface area contributed by atoms with Gasteiger partial charge in [0.15, 0.2) is 0 Å². The van der Waals surface area contributed by atoms with Crippen LogP contribution in [0.25, 0.3) is 0 Å². The number of hydrogen-bond acceptors (Lipinski definition) is 4. The van der Waals surface area contributed by atoms with E-state index in [-0.39, 0.29) is 5.91 Å². The van der Waals surface area contributed by atoms with Crippen molar-refractivity contribution in [3.8, 4) is 0 Å². The molecule has 2 heterocycles. The number of amides is 1. The standard InChI is InChI=1S/C15H21N5O/c1-3-5-17-14-10-16-6-4-13(14)15(21)18-7-8-20-11-12(2)9-19-20/h4,6,9-11,17H,3,5,7-8H2,1-2H3,(H,18,21). The quantitative estimate of drug-likeness (QED) is 0.815. The number of anilines is 1. The minimum absolute atomic E-state index is 0.0973. The average molecular weight is 287 g/mol. The molecule has 0 bridgehead atoms. The number of hydrogen-bond donors (Lipinski definition) is 2. The van der Waals surface area contributed by atoms with Gasteiger partial charge in [-0.15, -0.1) is 0 Å². The molecule has 2 aromatic heterocycles. The highest BCUT2D eigenvalue weighted by molar-refractivity contribution is 5.99. The predicted molar refractivity (Wildman–Crippen MR) is 82.3 cm³/mol. The first-order chi connectivity index (χ1) is 10.2. The predicted octanol–water partition coefficient (Wildman–Crippen LogP) is 1.84. The van der Waals surface area contributed by atoms with E-state index in [1.165, 1.54) is 0 Å². The summed E-state index contributed by atoms with van der Waals surface area (Å²) in [5, 5.41) is 10.3. The lowest BCUT2D eigenvalue weighted by molar-refractivity contribution is 0.0952. The van der Waals surface area contributed by atoms with E-state index in [9.17, 15) is 4.79 Å². The summed E-state index contributed by atoms with van der Waals surface area (Å²) in [6.45, 7) is 6.08. The van der Waals surface area contributed by atoms with Gasteiger partial charge in [-0.25, -0.2) is 0 Å². The van der Waals surface area contributed by atoms with Gasteiger partial charge in [0.25, 0.3) is 5.91 Å². The molecule has 0 saturated carbocycles. The molecule has 0 saturated heterocycles. The molecule has 6 nitrogen and oxygen atoms in total. The number of nitrogens with one attached hydrogen (secondary N) is 2. The van der Waals surface area contributed by atoms with Crippen LogP contribution in [-0.4, -0.2) is 33.8 Å². The molecule has 21 heavy (non-hydrogen) atoms. The summed E-state index contributed by atoms with van der Waals surface area (Å²) in [4.78, 5) is 16.3. The fourth-order valence-electron chi connectivity index (χ4n) is 1.96. The zero-order valence-corrected chi connectivity index (χ0v) is 12.5. The number of carbonyl (C=O) groups excluding carboxylic acids is 1. The highest BCUT2D eigenvalue weighted by atomic mass is 16.1. The fraction of sp³-hybridized carbons (Fsp3) is 0.400. The van der Waals surface area contributed by atoms with Gasteiger partial charge in [-0.3, -0.25) is 14.5 Å². The van der Waals surface area contributed by atoms with Crippen molar-refractivity contribution in [2.75, 3.05) is 18.4 Å². The molecule has 0 aliphatic carbocycles. The van der Waals surface area contributed by atoms with Crippen molar-refractivity contribution in [3.63, 3.8) is 0 Å². The summed E-state index contributed by atoms with van der Waals surface area (Å²) in [6, 6.07) is 1.73. The summed E-state index contributed by atoms with van der Waals surface area (Å²) in [6.07, 6.45) is 8.06. The lowest BCUT2D eigenvalue weighted by atomic mass is 10.2. The Morgan fingerprint density at radius 1 is 1.33 bits per heavy atom. The molecule has 2 rings (SSSR count). The summed E-state index contributed by atoms with van der Waals surface area (Å²) < 4.78 is 1.82. The van der Waals surface area contributed by atoms with Gasteiger partial charge < -0.3 is 10.6 Å². The van der Waals surface area contributed by atoms with E-state index in [0.717, 1.165) is 24.2 Å². The second-order valence-corrected chi connectivity index (χ2v) is 4.88. The van der Waals surface area contributed by atoms with Crippen molar-refractivity contribution >= 4 is 11.6 Å². The van der Waals surface area contributed by atoms with E-state index in [1.807, 2.05) is 17.8 Å². The zero-order chi connectivity index (χ0) is 15.1. The van der Waals surface area contributed by atoms with Crippen molar-refractivity contribution in [2.24, 2.45) is 0 Å². The first-order valence-corrected chi connectivity index (χ1v) is 7.16. The van der Waals surface area contributed by atoms with E-state index in [0.29, 0.717) is 18.7 Å². The van der Waals surface area contributed by atoms with Gasteiger partial charge in [0.05, 0.1) is 30.2 Å². The Kier molecular flexibility index (Phi) is 5.31. The summed E-state index contributed by atoms with van der Waals surface area (Å²) in [5.74, 6) is -0.0973. The van der Waals surface area contributed by atoms with E-state index in [2.05, 4.69) is 27.6 Å². The second kappa shape index (κ2) is 7.42. The molecule has 0 radical (unpaired) electrons. The maximum absolute atomic E-state index is 12.2. The third-order valence-corrected chi connectivity index (χ3v) is 3.02. The Hall–Kier alpha value is -2.37. The Labute approximate surface area is 124 Å². The molecule has 0 aliphatic rings. The molecule has 6 heteroatoms. The topological polar surface area (TPSA) is 71.8 Å². The average Bonchev–Trinajstić information content (AvgIpc) is 2.91. The minimum atomic E-state index is -0.0973. The summed E-state index contributed by atoms with van der Waals surface area (Å²) >= 11 is 0. The highest BCUT2D eigenvalue weighted by Gasteiger charge is 2.10. The van der Waals surface area contributed by atoms with E-state index < -0.39 is 0 Å². The number of pyridine rings is 1. The van der Waals surface area contributed by atoms with Crippen LogP contribution in [0.1, 0.15) is 29.3 Å². The second-order valence-electron chi connectivity index (χ2n) is 4.88. The van der Waals surface area contributed by atoms with Crippen LogP contribution in [0.15, 0.2) is 30.9 Å². The molecule has 0 unspecified atom stereocenters. The van der Waals surface area contributed by atoms with E-state index in [1.54, 1.807) is 24.7 Å². The molecule has 1 amide bonds. The Morgan fingerprint density at radius 3 is 2.90 bits per heavy atom. The van der Waals surface area contributed by atoms with Crippen LogP contribution in [0.5, 0.6) is 0 Å². The van der Waals surface area contributed by atoms with Gasteiger partial charge >= 0.3 is 0 Å². The lowest BCUT2D eigenvalue weighted by Gasteiger charge is -2.11. The van der Waals surface area contributed by atoms with Crippen molar-refractivity contribution < 1.29 is 4.79 Å². The summed E-state index contributed by atoms with van der Waals surface area (Å²) in [7, 11) is 0. The smallest absolute Gasteiger partial charge is 0.253 e. The molecule has 112 valence electrons. The maximum atomic E-state index is 12.2. The number of nitrogens with zero attached hydrogens (tertiary/aromatic N) is 3. The van der Waals surface area contributed by atoms with Crippen LogP contribution in [0.3, 0.4) is 0 Å². The SMILES string of the molecule is CCCNc1cnccc1C(=O)NCCn1cc(C)cn1. The molecule has 0 aliphatic heterocycles. The van der Waals surface area contributed by atoms with Crippen LogP contribution < -0.4 is 10.6 Å². The van der Waals surface area contributed by atoms with Crippen LogP contribution in [0.2, 0.25) is 0 Å². The largest absolute Gasteiger partial charge is 0.383 e. The summed E-state index contributed by atoms with van der Waals surface area (Å²) in [5.41, 5.74) is 2.50. The maximum Gasteiger partial charge on any atom is 0.253 e. The molecule has 0 fully saturated rings. The minimum Gasteiger partial charge on any atom is -0.383 e. The van der Waals surface area contributed by atoms with Crippen LogP contribution in [0, 0.1) is 6.92 Å². The van der Waals surface area contributed by atoms with Crippen LogP contribution in [-0.2, 0) is 6.54 Å². The van der Waals surface area contributed by atoms with Crippen molar-refractivity contribution in [1.82, 2.24) is 20.1 Å². The first-order valence-electron chi connectivity index (χ1n) is 7.16. The van der Waals surface area contributed by atoms with Gasteiger partial charge in [0.2, 0.25) is 0 Å². The third kappa shape index (κ3) is 4.30. The van der Waals surface area contributed by atoms with Crippen LogP contribution in [0.4, 0.5) is 5.69 Å². The van der Waals surface area contributed by atoms with Gasteiger partial charge in [-0.2, -0.15) is 5.10 Å². The van der Waals surface area contributed by atoms with E-state index in [4.69, 9.17) is 0 Å². The highest BCUT2D eigenvalue weighted by Crippen LogP contribution is 2.13. The Bertz CT molecular complexity index is 593. The number of carbonyl (C=O) groups is 1. The Balaban J connectivity index is 1.90. The fourth-order valence-corrected chi connectivity index (χ4v) is 1.96. The number of aromatic nitrogens is 3. The van der Waals surface area contributed by atoms with Crippen molar-refractivity contribution in [3.05, 3.63) is 42.0 Å². The van der Waals surface area contributed by atoms with Crippen molar-refractivity contribution in [2.45, 2.75) is 26.8 Å². The molecular formula is C15H21N5O. The van der Waals surface area contributed by atoms with Gasteiger partial charge in [-0.05, 0) is 25.0 Å².